The summed E-state index contributed by atoms with van der Waals surface area (Å²) in [6.07, 6.45) is 0.250. The first-order valence-electron chi connectivity index (χ1n) is 9.32. The van der Waals surface area contributed by atoms with Crippen molar-refractivity contribution in [2.75, 3.05) is 32.7 Å². The van der Waals surface area contributed by atoms with Crippen LogP contribution in [0.25, 0.3) is 0 Å². The van der Waals surface area contributed by atoms with Crippen LogP contribution in [0.15, 0.2) is 18.2 Å². The summed E-state index contributed by atoms with van der Waals surface area (Å²) in [6.45, 7) is 4.45. The fourth-order valence-corrected chi connectivity index (χ4v) is 3.67. The van der Waals surface area contributed by atoms with Crippen LogP contribution in [0.3, 0.4) is 0 Å². The molecule has 4 amide bonds. The van der Waals surface area contributed by atoms with Gasteiger partial charge in [-0.3, -0.25) is 34.3 Å². The molecule has 2 N–H and O–H groups in total. The van der Waals surface area contributed by atoms with Gasteiger partial charge in [0.25, 0.3) is 11.8 Å². The second-order valence-electron chi connectivity index (χ2n) is 7.04. The average Bonchev–Trinajstić information content (AvgIpc) is 2.93. The van der Waals surface area contributed by atoms with Gasteiger partial charge in [-0.15, -0.1) is 0 Å². The van der Waals surface area contributed by atoms with E-state index in [-0.39, 0.29) is 29.9 Å². The van der Waals surface area contributed by atoms with Gasteiger partial charge in [-0.1, -0.05) is 11.8 Å². The van der Waals surface area contributed by atoms with Crippen molar-refractivity contribution in [1.29, 1.82) is 0 Å². The fraction of sp³-hybridized carbons (Fsp3) is 0.400. The number of hydrogen-bond acceptors (Lipinski definition) is 6. The number of rotatable bonds is 2. The lowest BCUT2D eigenvalue weighted by Gasteiger charge is -2.27. The lowest BCUT2D eigenvalue weighted by molar-refractivity contribution is -0.136. The first-order chi connectivity index (χ1) is 13.5. The van der Waals surface area contributed by atoms with Gasteiger partial charge in [0.15, 0.2) is 0 Å². The van der Waals surface area contributed by atoms with Gasteiger partial charge in [0.1, 0.15) is 6.04 Å². The van der Waals surface area contributed by atoms with Gasteiger partial charge in [0, 0.05) is 38.2 Å². The van der Waals surface area contributed by atoms with Crippen molar-refractivity contribution in [2.24, 2.45) is 0 Å². The SMILES string of the molecule is O=C1CCC(N2C(=O)c3ccc(C#CCN4CCNCC4)cc3C2=O)C(=O)N1. The highest BCUT2D eigenvalue weighted by molar-refractivity contribution is 6.23. The zero-order valence-electron chi connectivity index (χ0n) is 15.3. The van der Waals surface area contributed by atoms with Gasteiger partial charge in [-0.05, 0) is 24.6 Å². The Morgan fingerprint density at radius 1 is 1.04 bits per heavy atom. The van der Waals surface area contributed by atoms with E-state index in [0.29, 0.717) is 12.1 Å². The fourth-order valence-electron chi connectivity index (χ4n) is 3.67. The molecule has 8 heteroatoms. The predicted molar refractivity (Wildman–Crippen MR) is 99.3 cm³/mol. The van der Waals surface area contributed by atoms with Crippen LogP contribution in [-0.4, -0.2) is 72.2 Å². The van der Waals surface area contributed by atoms with Crippen LogP contribution in [0, 0.1) is 11.8 Å². The largest absolute Gasteiger partial charge is 0.314 e. The second-order valence-corrected chi connectivity index (χ2v) is 7.04. The average molecular weight is 380 g/mol. The minimum absolute atomic E-state index is 0.104. The van der Waals surface area contributed by atoms with Crippen molar-refractivity contribution in [1.82, 2.24) is 20.4 Å². The van der Waals surface area contributed by atoms with E-state index < -0.39 is 23.8 Å². The third kappa shape index (κ3) is 3.42. The third-order valence-corrected chi connectivity index (χ3v) is 5.18. The van der Waals surface area contributed by atoms with Crippen LogP contribution in [0.2, 0.25) is 0 Å². The minimum Gasteiger partial charge on any atom is -0.314 e. The molecule has 0 aliphatic carbocycles. The monoisotopic (exact) mass is 380 g/mol. The number of fused-ring (bicyclic) bond motifs is 1. The van der Waals surface area contributed by atoms with E-state index in [2.05, 4.69) is 27.4 Å². The molecule has 3 heterocycles. The molecule has 0 bridgehead atoms. The molecule has 28 heavy (non-hydrogen) atoms. The molecule has 1 unspecified atom stereocenters. The van der Waals surface area contributed by atoms with Crippen LogP contribution in [-0.2, 0) is 9.59 Å². The van der Waals surface area contributed by atoms with E-state index in [9.17, 15) is 19.2 Å². The van der Waals surface area contributed by atoms with E-state index in [0.717, 1.165) is 31.1 Å². The maximum atomic E-state index is 12.8. The Morgan fingerprint density at radius 3 is 2.54 bits per heavy atom. The number of piperidine rings is 1. The smallest absolute Gasteiger partial charge is 0.262 e. The summed E-state index contributed by atoms with van der Waals surface area (Å²) < 4.78 is 0. The van der Waals surface area contributed by atoms with Gasteiger partial charge in [-0.2, -0.15) is 0 Å². The molecule has 1 aromatic rings. The zero-order chi connectivity index (χ0) is 19.7. The van der Waals surface area contributed by atoms with E-state index in [1.165, 1.54) is 0 Å². The van der Waals surface area contributed by atoms with Crippen molar-refractivity contribution in [2.45, 2.75) is 18.9 Å². The van der Waals surface area contributed by atoms with Gasteiger partial charge < -0.3 is 5.32 Å². The molecular weight excluding hydrogens is 360 g/mol. The topological polar surface area (TPSA) is 98.8 Å². The summed E-state index contributed by atoms with van der Waals surface area (Å²) in [5.74, 6) is 4.14. The van der Waals surface area contributed by atoms with Crippen molar-refractivity contribution < 1.29 is 19.2 Å². The molecule has 3 aliphatic heterocycles. The molecule has 8 nitrogen and oxygen atoms in total. The Hall–Kier alpha value is -3.02. The normalized spacial score (nSPS) is 22.6. The summed E-state index contributed by atoms with van der Waals surface area (Å²) in [5.41, 5.74) is 1.17. The summed E-state index contributed by atoms with van der Waals surface area (Å²) in [5, 5.41) is 5.47. The number of nitrogens with zero attached hydrogens (tertiary/aromatic N) is 2. The first kappa shape index (κ1) is 18.3. The van der Waals surface area contributed by atoms with E-state index in [4.69, 9.17) is 0 Å². The summed E-state index contributed by atoms with van der Waals surface area (Å²) in [6, 6.07) is 3.94. The Morgan fingerprint density at radius 2 is 1.79 bits per heavy atom. The highest BCUT2D eigenvalue weighted by Crippen LogP contribution is 2.28. The number of carbonyl (C=O) groups is 4. The van der Waals surface area contributed by atoms with Gasteiger partial charge >= 0.3 is 0 Å². The molecule has 0 aromatic heterocycles. The van der Waals surface area contributed by atoms with Gasteiger partial charge in [0.2, 0.25) is 11.8 Å². The molecule has 0 spiro atoms. The Kier molecular flexibility index (Phi) is 4.94. The maximum absolute atomic E-state index is 12.8. The summed E-state index contributed by atoms with van der Waals surface area (Å²) >= 11 is 0. The highest BCUT2D eigenvalue weighted by atomic mass is 16.2. The van der Waals surface area contributed by atoms with Crippen molar-refractivity contribution >= 4 is 23.6 Å². The number of nitrogens with one attached hydrogen (secondary N) is 2. The maximum Gasteiger partial charge on any atom is 0.262 e. The Balaban J connectivity index is 1.51. The van der Waals surface area contributed by atoms with Crippen LogP contribution in [0.4, 0.5) is 0 Å². The predicted octanol–water partition coefficient (Wildman–Crippen LogP) is -0.655. The van der Waals surface area contributed by atoms with E-state index in [1.54, 1.807) is 18.2 Å². The van der Waals surface area contributed by atoms with Crippen LogP contribution >= 0.6 is 0 Å². The Labute approximate surface area is 162 Å². The van der Waals surface area contributed by atoms with E-state index in [1.807, 2.05) is 0 Å². The molecule has 2 fully saturated rings. The highest BCUT2D eigenvalue weighted by Gasteiger charge is 2.44. The van der Waals surface area contributed by atoms with Crippen molar-refractivity contribution in [3.63, 3.8) is 0 Å². The molecule has 0 saturated carbocycles. The molecule has 0 radical (unpaired) electrons. The molecule has 1 atom stereocenters. The summed E-state index contributed by atoms with van der Waals surface area (Å²) in [4.78, 5) is 52.1. The standard InChI is InChI=1S/C20H20N4O4/c25-17-6-5-16(18(26)22-17)24-19(27)14-4-3-13(12-15(14)20(24)28)2-1-9-23-10-7-21-8-11-23/h3-4,12,16,21H,5-11H2,(H,22,25,26). The molecule has 2 saturated heterocycles. The van der Waals surface area contributed by atoms with Crippen molar-refractivity contribution in [3.8, 4) is 11.8 Å². The number of benzene rings is 1. The number of carbonyl (C=O) groups excluding carboxylic acids is 4. The van der Waals surface area contributed by atoms with Crippen LogP contribution < -0.4 is 10.6 Å². The molecular formula is C20H20N4O4. The van der Waals surface area contributed by atoms with Gasteiger partial charge in [0.05, 0.1) is 17.7 Å². The number of imide groups is 2. The second kappa shape index (κ2) is 7.54. The summed E-state index contributed by atoms with van der Waals surface area (Å²) in [7, 11) is 0. The number of piperazine rings is 1. The number of amides is 4. The molecule has 144 valence electrons. The number of hydrogen-bond donors (Lipinski definition) is 2. The van der Waals surface area contributed by atoms with Gasteiger partial charge in [-0.25, -0.2) is 0 Å². The Bertz CT molecular complexity index is 924. The van der Waals surface area contributed by atoms with Crippen molar-refractivity contribution in [3.05, 3.63) is 34.9 Å². The van der Waals surface area contributed by atoms with Crippen LogP contribution in [0.1, 0.15) is 39.1 Å². The van der Waals surface area contributed by atoms with E-state index >= 15 is 0 Å². The minimum atomic E-state index is -0.952. The quantitative estimate of drug-likeness (QED) is 0.522. The zero-order valence-corrected chi connectivity index (χ0v) is 15.3. The molecule has 3 aliphatic rings. The third-order valence-electron chi connectivity index (χ3n) is 5.18. The van der Waals surface area contributed by atoms with Crippen LogP contribution in [0.5, 0.6) is 0 Å². The molecule has 1 aromatic carbocycles. The lowest BCUT2D eigenvalue weighted by atomic mass is 10.0. The lowest BCUT2D eigenvalue weighted by Crippen LogP contribution is -2.54. The molecule has 4 rings (SSSR count). The first-order valence-corrected chi connectivity index (χ1v) is 9.32.